The molecule has 0 amide bonds. The lowest BCUT2D eigenvalue weighted by Gasteiger charge is -2.45. The summed E-state index contributed by atoms with van der Waals surface area (Å²) in [5.74, 6) is 0. The van der Waals surface area contributed by atoms with Crippen LogP contribution in [0, 0.1) is 0 Å². The van der Waals surface area contributed by atoms with Crippen LogP contribution in [0.1, 0.15) is 60.8 Å². The van der Waals surface area contributed by atoms with E-state index in [9.17, 15) is 0 Å². The Morgan fingerprint density at radius 3 is 1.67 bits per heavy atom. The van der Waals surface area contributed by atoms with Crippen LogP contribution in [-0.4, -0.2) is 24.3 Å². The van der Waals surface area contributed by atoms with E-state index in [1.54, 1.807) is 0 Å². The topological polar surface area (TPSA) is 21.3 Å². The Morgan fingerprint density at radius 1 is 1.07 bits per heavy atom. The number of piperidine rings is 1. The molecule has 1 N–H and O–H groups in total. The van der Waals surface area contributed by atoms with Crippen molar-refractivity contribution in [1.29, 1.82) is 0 Å². The number of rotatable bonds is 1. The lowest BCUT2D eigenvalue weighted by atomic mass is 9.81. The summed E-state index contributed by atoms with van der Waals surface area (Å²) in [6.07, 6.45) is 3.87. The van der Waals surface area contributed by atoms with Crippen molar-refractivity contribution < 1.29 is 4.74 Å². The first-order chi connectivity index (χ1) is 6.76. The van der Waals surface area contributed by atoms with Crippen LogP contribution in [0.2, 0.25) is 0 Å². The molecule has 0 spiro atoms. The second-order valence-electron chi connectivity index (χ2n) is 5.87. The van der Waals surface area contributed by atoms with Gasteiger partial charge in [0.05, 0.1) is 6.10 Å². The van der Waals surface area contributed by atoms with Gasteiger partial charge >= 0.3 is 0 Å². The first-order valence-corrected chi connectivity index (χ1v) is 6.08. The summed E-state index contributed by atoms with van der Waals surface area (Å²) in [5.41, 5.74) is 0.421. The molecule has 1 aliphatic rings. The first-order valence-electron chi connectivity index (χ1n) is 6.08. The van der Waals surface area contributed by atoms with Gasteiger partial charge in [-0.25, -0.2) is 0 Å². The van der Waals surface area contributed by atoms with Crippen molar-refractivity contribution in [2.45, 2.75) is 78.0 Å². The van der Waals surface area contributed by atoms with Gasteiger partial charge in [-0.3, -0.25) is 0 Å². The molecule has 2 nitrogen and oxygen atoms in total. The summed E-state index contributed by atoms with van der Waals surface area (Å²) in [6.45, 7) is 13.2. The summed E-state index contributed by atoms with van der Waals surface area (Å²) in [6, 6.07) is 0. The molecule has 1 saturated heterocycles. The van der Waals surface area contributed by atoms with Crippen molar-refractivity contribution >= 4 is 0 Å². The summed E-state index contributed by atoms with van der Waals surface area (Å²) in [5, 5.41) is 3.62. The van der Waals surface area contributed by atoms with Crippen molar-refractivity contribution in [2.24, 2.45) is 0 Å². The van der Waals surface area contributed by atoms with Crippen LogP contribution in [0.25, 0.3) is 0 Å². The van der Waals surface area contributed by atoms with Crippen molar-refractivity contribution in [2.75, 3.05) is 7.11 Å². The second kappa shape index (κ2) is 5.86. The van der Waals surface area contributed by atoms with Crippen molar-refractivity contribution in [1.82, 2.24) is 5.32 Å². The predicted octanol–water partition coefficient (Wildman–Crippen LogP) is 3.36. The lowest BCUT2D eigenvalue weighted by Crippen LogP contribution is -2.59. The van der Waals surface area contributed by atoms with Gasteiger partial charge in [-0.05, 0) is 40.5 Å². The van der Waals surface area contributed by atoms with E-state index in [1.165, 1.54) is 6.42 Å². The maximum atomic E-state index is 5.42. The molecule has 0 unspecified atom stereocenters. The Kier molecular flexibility index (Phi) is 5.82. The molecule has 1 heterocycles. The molecule has 1 aliphatic heterocycles. The lowest BCUT2D eigenvalue weighted by molar-refractivity contribution is 0.00597. The maximum absolute atomic E-state index is 5.42. The molecule has 0 aromatic heterocycles. The molecular formula is C13H29NO. The van der Waals surface area contributed by atoms with E-state index in [1.807, 2.05) is 7.11 Å². The molecule has 0 aromatic carbocycles. The first kappa shape index (κ1) is 14.9. The van der Waals surface area contributed by atoms with Gasteiger partial charge in [0.15, 0.2) is 0 Å². The Morgan fingerprint density at radius 2 is 1.40 bits per heavy atom. The fourth-order valence-electron chi connectivity index (χ4n) is 2.40. The number of ether oxygens (including phenoxy) is 1. The smallest absolute Gasteiger partial charge is 0.0606 e. The molecule has 1 fully saturated rings. The van der Waals surface area contributed by atoms with Gasteiger partial charge in [-0.1, -0.05) is 20.3 Å². The third-order valence-electron chi connectivity index (χ3n) is 2.49. The Balaban J connectivity index is 0.000000583. The van der Waals surface area contributed by atoms with Gasteiger partial charge in [-0.2, -0.15) is 0 Å². The van der Waals surface area contributed by atoms with Gasteiger partial charge in [0.25, 0.3) is 0 Å². The number of hydrogen-bond acceptors (Lipinski definition) is 2. The van der Waals surface area contributed by atoms with E-state index in [-0.39, 0.29) is 11.1 Å². The zero-order valence-electron chi connectivity index (χ0n) is 11.6. The molecule has 15 heavy (non-hydrogen) atoms. The highest BCUT2D eigenvalue weighted by Crippen LogP contribution is 2.29. The quantitative estimate of drug-likeness (QED) is 0.724. The summed E-state index contributed by atoms with van der Waals surface area (Å²) in [4.78, 5) is 0. The molecule has 92 valence electrons. The zero-order valence-corrected chi connectivity index (χ0v) is 11.6. The largest absolute Gasteiger partial charge is 0.381 e. The van der Waals surface area contributed by atoms with E-state index in [4.69, 9.17) is 4.74 Å². The highest BCUT2D eigenvalue weighted by molar-refractivity contribution is 4.97. The van der Waals surface area contributed by atoms with Crippen LogP contribution < -0.4 is 5.32 Å². The fraction of sp³-hybridized carbons (Fsp3) is 1.00. The molecule has 2 heteroatoms. The summed E-state index contributed by atoms with van der Waals surface area (Å²) >= 11 is 0. The van der Waals surface area contributed by atoms with E-state index in [0.29, 0.717) is 6.10 Å². The summed E-state index contributed by atoms with van der Waals surface area (Å²) in [7, 11) is 1.81. The average Bonchev–Trinajstić information content (AvgIpc) is 1.99. The zero-order chi connectivity index (χ0) is 12.1. The van der Waals surface area contributed by atoms with Crippen LogP contribution in [0.4, 0.5) is 0 Å². The minimum absolute atomic E-state index is 0.211. The van der Waals surface area contributed by atoms with Crippen LogP contribution in [-0.2, 0) is 4.74 Å². The van der Waals surface area contributed by atoms with Crippen LogP contribution >= 0.6 is 0 Å². The minimum atomic E-state index is 0.211. The highest BCUT2D eigenvalue weighted by Gasteiger charge is 2.37. The van der Waals surface area contributed by atoms with Crippen LogP contribution in [0.3, 0.4) is 0 Å². The molecule has 0 aromatic rings. The number of nitrogens with one attached hydrogen (secondary N) is 1. The van der Waals surface area contributed by atoms with E-state index < -0.39 is 0 Å². The van der Waals surface area contributed by atoms with Gasteiger partial charge in [0, 0.05) is 18.2 Å². The molecule has 0 atom stereocenters. The Hall–Kier alpha value is -0.0800. The molecule has 0 saturated carbocycles. The predicted molar refractivity (Wildman–Crippen MR) is 67.3 cm³/mol. The molecule has 0 radical (unpaired) electrons. The molecule has 0 aliphatic carbocycles. The van der Waals surface area contributed by atoms with Crippen molar-refractivity contribution in [3.8, 4) is 0 Å². The maximum Gasteiger partial charge on any atom is 0.0606 e. The number of hydrogen-bond donors (Lipinski definition) is 1. The van der Waals surface area contributed by atoms with Gasteiger partial charge < -0.3 is 10.1 Å². The van der Waals surface area contributed by atoms with E-state index >= 15 is 0 Å². The normalized spacial score (nSPS) is 24.2. The average molecular weight is 215 g/mol. The van der Waals surface area contributed by atoms with Gasteiger partial charge in [-0.15, -0.1) is 0 Å². The third kappa shape index (κ3) is 6.16. The second-order valence-corrected chi connectivity index (χ2v) is 5.87. The SMILES string of the molecule is CCC.COC1CC(C)(C)NC(C)(C)C1. The van der Waals surface area contributed by atoms with Gasteiger partial charge in [0.2, 0.25) is 0 Å². The van der Waals surface area contributed by atoms with Crippen LogP contribution in [0.5, 0.6) is 0 Å². The molecule has 0 bridgehead atoms. The molecular weight excluding hydrogens is 186 g/mol. The van der Waals surface area contributed by atoms with E-state index in [0.717, 1.165) is 12.8 Å². The van der Waals surface area contributed by atoms with Crippen molar-refractivity contribution in [3.05, 3.63) is 0 Å². The van der Waals surface area contributed by atoms with Crippen molar-refractivity contribution in [3.63, 3.8) is 0 Å². The monoisotopic (exact) mass is 215 g/mol. The number of methoxy groups -OCH3 is 1. The molecule has 1 rings (SSSR count). The third-order valence-corrected chi connectivity index (χ3v) is 2.49. The summed E-state index contributed by atoms with van der Waals surface area (Å²) < 4.78 is 5.42. The highest BCUT2D eigenvalue weighted by atomic mass is 16.5. The van der Waals surface area contributed by atoms with E-state index in [2.05, 4.69) is 46.9 Å². The van der Waals surface area contributed by atoms with Crippen LogP contribution in [0.15, 0.2) is 0 Å². The minimum Gasteiger partial charge on any atom is -0.381 e. The van der Waals surface area contributed by atoms with Gasteiger partial charge in [0.1, 0.15) is 0 Å². The Labute approximate surface area is 95.8 Å². The Bertz CT molecular complexity index is 159. The fourth-order valence-corrected chi connectivity index (χ4v) is 2.40. The standard InChI is InChI=1S/C10H21NO.C3H8/c1-9(2)6-8(12-5)7-10(3,4)11-9;1-3-2/h8,11H,6-7H2,1-5H3;3H2,1-2H3.